The highest BCUT2D eigenvalue weighted by Crippen LogP contribution is 2.64. The zero-order valence-electron chi connectivity index (χ0n) is 12.5. The molecule has 17 heteroatoms. The predicted molar refractivity (Wildman–Crippen MR) is 75.5 cm³/mol. The molecule has 2 aliphatic heterocycles. The molecular weight excluding hydrogens is 465 g/mol. The van der Waals surface area contributed by atoms with Crippen LogP contribution in [-0.2, 0) is 19.0 Å². The third kappa shape index (κ3) is 4.80. The van der Waals surface area contributed by atoms with Crippen molar-refractivity contribution in [3.8, 4) is 0 Å². The molecule has 0 radical (unpaired) electrons. The molecular formula is C10H8F9NO4S3. The average molecular weight is 473 g/mol. The summed E-state index contributed by atoms with van der Waals surface area (Å²) in [6.07, 6.45) is -11.2. The van der Waals surface area contributed by atoms with Gasteiger partial charge in [-0.15, -0.1) is 0 Å². The molecule has 2 rings (SSSR count). The number of ether oxygens (including phenoxy) is 1. The number of thioether (sulfide) groups is 2. The van der Waals surface area contributed by atoms with Gasteiger partial charge < -0.3 is 4.74 Å². The number of morpholine rings is 1. The van der Waals surface area contributed by atoms with Crippen LogP contribution < -0.4 is 0 Å². The van der Waals surface area contributed by atoms with Crippen LogP contribution in [0.1, 0.15) is 0 Å². The summed E-state index contributed by atoms with van der Waals surface area (Å²) in [7, 11) is -6.51. The molecule has 158 valence electrons. The fourth-order valence-corrected chi connectivity index (χ4v) is 5.97. The Morgan fingerprint density at radius 1 is 0.889 bits per heavy atom. The van der Waals surface area contributed by atoms with E-state index >= 15 is 0 Å². The van der Waals surface area contributed by atoms with Gasteiger partial charge in [-0.05, 0) is 0 Å². The second-order valence-corrected chi connectivity index (χ2v) is 9.09. The second-order valence-electron chi connectivity index (χ2n) is 4.96. The molecule has 0 unspecified atom stereocenters. The van der Waals surface area contributed by atoms with Gasteiger partial charge in [0.15, 0.2) is 0 Å². The van der Waals surface area contributed by atoms with E-state index in [9.17, 15) is 47.9 Å². The fraction of sp³-hybridized carbons (Fsp3) is 0.800. The van der Waals surface area contributed by atoms with E-state index in [1.54, 1.807) is 0 Å². The maximum atomic E-state index is 13.1. The van der Waals surface area contributed by atoms with Gasteiger partial charge in [0.05, 0.1) is 13.2 Å². The molecule has 0 aromatic heterocycles. The van der Waals surface area contributed by atoms with E-state index in [2.05, 4.69) is 4.18 Å². The van der Waals surface area contributed by atoms with Crippen LogP contribution in [0.2, 0.25) is 0 Å². The first-order chi connectivity index (χ1) is 12.0. The standard InChI is InChI=1S/C10H8F9NO4S3/c11-7(12,13)5-6(8(14,15)16)26-10(25-5,20-1-3-23-4-2-20)24-27(21,22)9(17,18)19/h1-4H2. The Hall–Kier alpha value is -0.360. The first-order valence-corrected chi connectivity index (χ1v) is 9.65. The van der Waals surface area contributed by atoms with Crippen LogP contribution in [0.3, 0.4) is 0 Å². The maximum Gasteiger partial charge on any atom is 0.523 e. The van der Waals surface area contributed by atoms with Crippen molar-refractivity contribution in [2.75, 3.05) is 26.3 Å². The minimum Gasteiger partial charge on any atom is -0.379 e. The Kier molecular flexibility index (Phi) is 6.08. The number of allylic oxidation sites excluding steroid dienone is 2. The topological polar surface area (TPSA) is 55.8 Å². The van der Waals surface area contributed by atoms with E-state index in [-0.39, 0.29) is 13.2 Å². The van der Waals surface area contributed by atoms with Gasteiger partial charge in [0, 0.05) is 13.1 Å². The van der Waals surface area contributed by atoms with Gasteiger partial charge in [-0.2, -0.15) is 47.9 Å². The summed E-state index contributed by atoms with van der Waals surface area (Å²) < 4.78 is 145. The summed E-state index contributed by atoms with van der Waals surface area (Å²) in [4.78, 5) is -3.95. The number of rotatable bonds is 3. The predicted octanol–water partition coefficient (Wildman–Crippen LogP) is 3.61. The molecule has 1 fully saturated rings. The largest absolute Gasteiger partial charge is 0.523 e. The van der Waals surface area contributed by atoms with E-state index < -0.39 is 78.8 Å². The van der Waals surface area contributed by atoms with Crippen LogP contribution >= 0.6 is 23.5 Å². The average Bonchev–Trinajstić information content (AvgIpc) is 2.87. The molecule has 0 aromatic carbocycles. The molecule has 0 aromatic rings. The Balaban J connectivity index is 2.53. The monoisotopic (exact) mass is 473 g/mol. The summed E-state index contributed by atoms with van der Waals surface area (Å²) in [5.41, 5.74) is -6.05. The van der Waals surface area contributed by atoms with Crippen molar-refractivity contribution < 1.29 is 56.9 Å². The van der Waals surface area contributed by atoms with E-state index in [0.29, 0.717) is 4.90 Å². The third-order valence-corrected chi connectivity index (χ3v) is 7.43. The van der Waals surface area contributed by atoms with E-state index in [1.807, 2.05) is 0 Å². The van der Waals surface area contributed by atoms with E-state index in [4.69, 9.17) is 4.74 Å². The highest BCUT2D eigenvalue weighted by Gasteiger charge is 2.64. The Labute approximate surface area is 154 Å². The van der Waals surface area contributed by atoms with Gasteiger partial charge in [0.2, 0.25) is 4.39 Å². The molecule has 5 nitrogen and oxygen atoms in total. The van der Waals surface area contributed by atoms with Gasteiger partial charge in [-0.1, -0.05) is 23.5 Å². The number of hydrogen-bond acceptors (Lipinski definition) is 7. The summed E-state index contributed by atoms with van der Waals surface area (Å²) in [5, 5.41) is 0. The lowest BCUT2D eigenvalue weighted by Crippen LogP contribution is -2.52. The molecule has 1 saturated heterocycles. The Morgan fingerprint density at radius 3 is 1.63 bits per heavy atom. The van der Waals surface area contributed by atoms with Crippen LogP contribution in [0.4, 0.5) is 39.5 Å². The van der Waals surface area contributed by atoms with Crippen molar-refractivity contribution in [2.24, 2.45) is 0 Å². The minimum absolute atomic E-state index is 0.263. The SMILES string of the molecule is O=S(=O)(OC1(N2CCOCC2)SC(C(F)(F)F)=C(C(F)(F)F)S1)C(F)(F)F. The van der Waals surface area contributed by atoms with Crippen LogP contribution in [0.15, 0.2) is 9.81 Å². The number of halogens is 9. The van der Waals surface area contributed by atoms with E-state index in [0.717, 1.165) is 0 Å². The van der Waals surface area contributed by atoms with Gasteiger partial charge in [0.1, 0.15) is 9.81 Å². The van der Waals surface area contributed by atoms with Gasteiger partial charge >= 0.3 is 28.0 Å². The lowest BCUT2D eigenvalue weighted by atomic mass is 10.4. The van der Waals surface area contributed by atoms with E-state index in [1.165, 1.54) is 0 Å². The molecule has 0 spiro atoms. The zero-order chi connectivity index (χ0) is 20.9. The molecule has 27 heavy (non-hydrogen) atoms. The maximum absolute atomic E-state index is 13.1. The lowest BCUT2D eigenvalue weighted by molar-refractivity contribution is -0.103. The van der Waals surface area contributed by atoms with Gasteiger partial charge in [-0.25, -0.2) is 4.18 Å². The van der Waals surface area contributed by atoms with Gasteiger partial charge in [0.25, 0.3) is 0 Å². The molecule has 0 saturated carbocycles. The summed E-state index contributed by atoms with van der Waals surface area (Å²) in [6.45, 7) is -1.44. The Morgan fingerprint density at radius 2 is 1.30 bits per heavy atom. The van der Waals surface area contributed by atoms with Crippen molar-refractivity contribution in [1.29, 1.82) is 0 Å². The molecule has 0 amide bonds. The smallest absolute Gasteiger partial charge is 0.379 e. The molecule has 0 N–H and O–H groups in total. The highest BCUT2D eigenvalue weighted by molar-refractivity contribution is 8.24. The molecule has 2 heterocycles. The normalized spacial score (nSPS) is 23.1. The van der Waals surface area contributed by atoms with Crippen molar-refractivity contribution in [2.45, 2.75) is 22.2 Å². The Bertz CT molecular complexity index is 681. The molecule has 0 aliphatic carbocycles. The van der Waals surface area contributed by atoms with Crippen LogP contribution in [0.25, 0.3) is 0 Å². The zero-order valence-corrected chi connectivity index (χ0v) is 15.0. The third-order valence-electron chi connectivity index (χ3n) is 3.08. The molecule has 0 bridgehead atoms. The van der Waals surface area contributed by atoms with Crippen LogP contribution in [0, 0.1) is 0 Å². The molecule has 2 aliphatic rings. The number of nitrogens with zero attached hydrogens (tertiary/aromatic N) is 1. The lowest BCUT2D eigenvalue weighted by Gasteiger charge is -2.40. The first-order valence-electron chi connectivity index (χ1n) is 6.61. The van der Waals surface area contributed by atoms with Gasteiger partial charge in [-0.3, -0.25) is 4.90 Å². The summed E-state index contributed by atoms with van der Waals surface area (Å²) in [5.74, 6) is 0. The van der Waals surface area contributed by atoms with Crippen molar-refractivity contribution in [3.63, 3.8) is 0 Å². The molecule has 0 atom stereocenters. The summed E-state index contributed by atoms with van der Waals surface area (Å²) >= 11 is -1.57. The van der Waals surface area contributed by atoms with Crippen molar-refractivity contribution in [1.82, 2.24) is 4.90 Å². The van der Waals surface area contributed by atoms with Crippen LogP contribution in [-0.4, -0.2) is 61.9 Å². The number of hydrogen-bond donors (Lipinski definition) is 0. The quantitative estimate of drug-likeness (QED) is 0.353. The second kappa shape index (κ2) is 7.16. The van der Waals surface area contributed by atoms with Crippen molar-refractivity contribution >= 4 is 33.6 Å². The minimum atomic E-state index is -6.51. The summed E-state index contributed by atoms with van der Waals surface area (Å²) in [6, 6.07) is 0. The van der Waals surface area contributed by atoms with Crippen molar-refractivity contribution in [3.05, 3.63) is 9.81 Å². The number of alkyl halides is 9. The van der Waals surface area contributed by atoms with Crippen LogP contribution in [0.5, 0.6) is 0 Å². The fourth-order valence-electron chi connectivity index (χ4n) is 1.98. The highest BCUT2D eigenvalue weighted by atomic mass is 32.2. The first kappa shape index (κ1) is 22.9.